The van der Waals surface area contributed by atoms with E-state index in [9.17, 15) is 4.79 Å². The van der Waals surface area contributed by atoms with E-state index in [1.165, 1.54) is 16.5 Å². The van der Waals surface area contributed by atoms with Crippen LogP contribution in [-0.2, 0) is 11.8 Å². The lowest BCUT2D eigenvalue weighted by Gasteiger charge is -2.28. The number of dihydropyridines is 1. The summed E-state index contributed by atoms with van der Waals surface area (Å²) in [7, 11) is 2.06. The van der Waals surface area contributed by atoms with Crippen LogP contribution in [0, 0.1) is 5.41 Å². The van der Waals surface area contributed by atoms with E-state index in [2.05, 4.69) is 64.9 Å². The molecule has 0 bridgehead atoms. The third-order valence-electron chi connectivity index (χ3n) is 5.24. The molecule has 4 nitrogen and oxygen atoms in total. The van der Waals surface area contributed by atoms with Crippen molar-refractivity contribution in [1.29, 1.82) is 0 Å². The summed E-state index contributed by atoms with van der Waals surface area (Å²) in [5.74, 6) is 0.146. The molecule has 4 rings (SSSR count). The van der Waals surface area contributed by atoms with Gasteiger partial charge in [0.2, 0.25) is 5.91 Å². The summed E-state index contributed by atoms with van der Waals surface area (Å²) in [6.07, 6.45) is 7.17. The van der Waals surface area contributed by atoms with Crippen molar-refractivity contribution in [1.82, 2.24) is 15.2 Å². The van der Waals surface area contributed by atoms with Gasteiger partial charge in [-0.25, -0.2) is 0 Å². The van der Waals surface area contributed by atoms with Gasteiger partial charge in [0.05, 0.1) is 5.41 Å². The lowest BCUT2D eigenvalue weighted by Crippen LogP contribution is -2.35. The molecule has 0 aliphatic carbocycles. The van der Waals surface area contributed by atoms with E-state index in [0.717, 1.165) is 30.8 Å². The molecule has 1 atom stereocenters. The summed E-state index contributed by atoms with van der Waals surface area (Å²) in [5.41, 5.74) is 4.33. The van der Waals surface area contributed by atoms with Crippen molar-refractivity contribution in [2.75, 3.05) is 13.1 Å². The molecule has 3 heterocycles. The quantitative estimate of drug-likeness (QED) is 0.896. The van der Waals surface area contributed by atoms with Crippen LogP contribution < -0.4 is 10.6 Å². The van der Waals surface area contributed by atoms with Gasteiger partial charge in [0, 0.05) is 42.9 Å². The first-order valence-corrected chi connectivity index (χ1v) is 8.07. The topological polar surface area (TPSA) is 46.1 Å². The number of fused-ring (bicyclic) bond motifs is 1. The van der Waals surface area contributed by atoms with Gasteiger partial charge in [-0.15, -0.1) is 0 Å². The van der Waals surface area contributed by atoms with Crippen LogP contribution >= 0.6 is 0 Å². The number of carbonyl (C=O) groups is 1. The van der Waals surface area contributed by atoms with Crippen LogP contribution in [0.4, 0.5) is 0 Å². The normalized spacial score (nSPS) is 24.2. The molecule has 0 spiro atoms. The van der Waals surface area contributed by atoms with Crippen LogP contribution in [0.2, 0.25) is 0 Å². The third kappa shape index (κ3) is 2.17. The third-order valence-corrected chi connectivity index (χ3v) is 5.24. The molecule has 1 unspecified atom stereocenters. The summed E-state index contributed by atoms with van der Waals surface area (Å²) in [6, 6.07) is 8.63. The van der Waals surface area contributed by atoms with E-state index in [4.69, 9.17) is 0 Å². The van der Waals surface area contributed by atoms with Gasteiger partial charge in [-0.3, -0.25) is 4.79 Å². The SMILES string of the molecule is Cn1ccc2cc(C3=CC=C(C4(C)CCNC4=O)CN3)ccc21. The fourth-order valence-electron chi connectivity index (χ4n) is 3.56. The van der Waals surface area contributed by atoms with Gasteiger partial charge in [-0.1, -0.05) is 12.1 Å². The fraction of sp³-hybridized carbons (Fsp3) is 0.316. The number of nitrogens with one attached hydrogen (secondary N) is 2. The minimum Gasteiger partial charge on any atom is -0.381 e. The largest absolute Gasteiger partial charge is 0.381 e. The summed E-state index contributed by atoms with van der Waals surface area (Å²) < 4.78 is 2.12. The molecule has 2 aromatic rings. The van der Waals surface area contributed by atoms with Crippen molar-refractivity contribution in [3.05, 3.63) is 53.8 Å². The van der Waals surface area contributed by atoms with Crippen LogP contribution in [-0.4, -0.2) is 23.6 Å². The zero-order chi connectivity index (χ0) is 16.0. The lowest BCUT2D eigenvalue weighted by molar-refractivity contribution is -0.125. The number of benzene rings is 1. The maximum absolute atomic E-state index is 12.1. The van der Waals surface area contributed by atoms with Gasteiger partial charge in [0.15, 0.2) is 0 Å². The van der Waals surface area contributed by atoms with Gasteiger partial charge >= 0.3 is 0 Å². The van der Waals surface area contributed by atoms with E-state index < -0.39 is 0 Å². The highest BCUT2D eigenvalue weighted by atomic mass is 16.2. The summed E-state index contributed by atoms with van der Waals surface area (Å²) >= 11 is 0. The second-order valence-corrected chi connectivity index (χ2v) is 6.66. The maximum atomic E-state index is 12.1. The molecule has 2 N–H and O–H groups in total. The number of aryl methyl sites for hydroxylation is 1. The number of carbonyl (C=O) groups excluding carboxylic acids is 1. The molecule has 0 radical (unpaired) electrons. The van der Waals surface area contributed by atoms with Crippen LogP contribution in [0.25, 0.3) is 16.6 Å². The molecule has 23 heavy (non-hydrogen) atoms. The molecular weight excluding hydrogens is 286 g/mol. The molecule has 4 heteroatoms. The van der Waals surface area contributed by atoms with Crippen LogP contribution in [0.3, 0.4) is 0 Å². The number of hydrogen-bond donors (Lipinski definition) is 2. The molecule has 2 aliphatic rings. The number of hydrogen-bond acceptors (Lipinski definition) is 2. The first-order chi connectivity index (χ1) is 11.1. The molecule has 118 valence electrons. The standard InChI is InChI=1S/C19H21N3O/c1-19(8-9-20-18(19)23)15-4-5-16(21-12-15)13-3-6-17-14(11-13)7-10-22(17)2/h3-7,10-11,21H,8-9,12H2,1-2H3,(H,20,23). The van der Waals surface area contributed by atoms with Crippen LogP contribution in [0.1, 0.15) is 18.9 Å². The lowest BCUT2D eigenvalue weighted by atomic mass is 9.79. The Morgan fingerprint density at radius 3 is 2.74 bits per heavy atom. The Morgan fingerprint density at radius 2 is 2.04 bits per heavy atom. The van der Waals surface area contributed by atoms with Crippen molar-refractivity contribution in [2.45, 2.75) is 13.3 Å². The van der Waals surface area contributed by atoms with Crippen molar-refractivity contribution in [3.8, 4) is 0 Å². The van der Waals surface area contributed by atoms with Gasteiger partial charge in [0.25, 0.3) is 0 Å². The molecule has 1 aromatic heterocycles. The first kappa shape index (κ1) is 14.1. The highest BCUT2D eigenvalue weighted by Gasteiger charge is 2.41. The van der Waals surface area contributed by atoms with Crippen molar-refractivity contribution in [3.63, 3.8) is 0 Å². The number of amides is 1. The minimum atomic E-state index is -0.363. The highest BCUT2D eigenvalue weighted by Crippen LogP contribution is 2.36. The average Bonchev–Trinajstić information content (AvgIpc) is 3.11. The number of aromatic nitrogens is 1. The summed E-state index contributed by atoms with van der Waals surface area (Å²) in [6.45, 7) is 3.54. The van der Waals surface area contributed by atoms with Crippen molar-refractivity contribution < 1.29 is 4.79 Å². The number of nitrogens with zero attached hydrogens (tertiary/aromatic N) is 1. The van der Waals surface area contributed by atoms with Gasteiger partial charge in [0.1, 0.15) is 0 Å². The molecule has 1 saturated heterocycles. The van der Waals surface area contributed by atoms with Gasteiger partial charge in [-0.2, -0.15) is 0 Å². The Kier molecular flexibility index (Phi) is 3.08. The zero-order valence-corrected chi connectivity index (χ0v) is 13.5. The molecule has 1 amide bonds. The number of allylic oxidation sites excluding steroid dienone is 2. The van der Waals surface area contributed by atoms with E-state index in [1.54, 1.807) is 0 Å². The van der Waals surface area contributed by atoms with Crippen molar-refractivity contribution >= 4 is 22.5 Å². The second-order valence-electron chi connectivity index (χ2n) is 6.66. The molecule has 1 aromatic carbocycles. The zero-order valence-electron chi connectivity index (χ0n) is 13.5. The fourth-order valence-corrected chi connectivity index (χ4v) is 3.56. The van der Waals surface area contributed by atoms with Gasteiger partial charge in [-0.05, 0) is 48.8 Å². The molecule has 2 aliphatic heterocycles. The minimum absolute atomic E-state index is 0.146. The summed E-state index contributed by atoms with van der Waals surface area (Å²) in [4.78, 5) is 12.1. The van der Waals surface area contributed by atoms with E-state index in [-0.39, 0.29) is 11.3 Å². The molecular formula is C19H21N3O. The Labute approximate surface area is 135 Å². The highest BCUT2D eigenvalue weighted by molar-refractivity contribution is 5.88. The van der Waals surface area contributed by atoms with E-state index in [1.807, 2.05) is 6.92 Å². The van der Waals surface area contributed by atoms with E-state index >= 15 is 0 Å². The van der Waals surface area contributed by atoms with Crippen LogP contribution in [0.5, 0.6) is 0 Å². The smallest absolute Gasteiger partial charge is 0.230 e. The summed E-state index contributed by atoms with van der Waals surface area (Å²) in [5, 5.41) is 7.67. The predicted molar refractivity (Wildman–Crippen MR) is 92.7 cm³/mol. The monoisotopic (exact) mass is 307 g/mol. The Hall–Kier alpha value is -2.49. The van der Waals surface area contributed by atoms with Crippen molar-refractivity contribution in [2.24, 2.45) is 12.5 Å². The predicted octanol–water partition coefficient (Wildman–Crippen LogP) is 2.58. The Bertz CT molecular complexity index is 859. The molecule has 1 fully saturated rings. The average molecular weight is 307 g/mol. The van der Waals surface area contributed by atoms with Crippen LogP contribution in [0.15, 0.2) is 48.2 Å². The van der Waals surface area contributed by atoms with Gasteiger partial charge < -0.3 is 15.2 Å². The molecule has 0 saturated carbocycles. The second kappa shape index (κ2) is 5.01. The Balaban J connectivity index is 1.66. The maximum Gasteiger partial charge on any atom is 0.230 e. The number of rotatable bonds is 2. The van der Waals surface area contributed by atoms with E-state index in [0.29, 0.717) is 0 Å². The Morgan fingerprint density at radius 1 is 1.17 bits per heavy atom. The first-order valence-electron chi connectivity index (χ1n) is 8.07.